The highest BCUT2D eigenvalue weighted by Gasteiger charge is 1.98. The van der Waals surface area contributed by atoms with Gasteiger partial charge in [-0.3, -0.25) is 0 Å². The van der Waals surface area contributed by atoms with E-state index in [4.69, 9.17) is 0 Å². The van der Waals surface area contributed by atoms with Crippen LogP contribution in [0.3, 0.4) is 0 Å². The van der Waals surface area contributed by atoms with Crippen molar-refractivity contribution in [2.45, 2.75) is 66.2 Å². The predicted octanol–water partition coefficient (Wildman–Crippen LogP) is 4.52. The smallest absolute Gasteiger partial charge is 0.130 e. The molecule has 0 saturated heterocycles. The van der Waals surface area contributed by atoms with Gasteiger partial charge in [-0.05, 0) is 39.0 Å². The Hall–Kier alpha value is -0.590. The fraction of sp³-hybridized carbons (Fsp3) is 0.786. The van der Waals surface area contributed by atoms with Gasteiger partial charge in [-0.2, -0.15) is 0 Å². The van der Waals surface area contributed by atoms with Gasteiger partial charge in [-0.25, -0.2) is 0 Å². The normalized spacial score (nSPS) is 14.0. The third-order valence-electron chi connectivity index (χ3n) is 2.95. The lowest BCUT2D eigenvalue weighted by Crippen LogP contribution is -1.92. The molecule has 0 radical (unpaired) electrons. The first-order chi connectivity index (χ1) is 7.06. The summed E-state index contributed by atoms with van der Waals surface area (Å²) in [7, 11) is 0. The fourth-order valence-corrected chi connectivity index (χ4v) is 1.56. The molecular weight excluding hydrogens is 184 g/mol. The van der Waals surface area contributed by atoms with E-state index in [1.54, 1.807) is 6.92 Å². The molecule has 0 aromatic rings. The highest BCUT2D eigenvalue weighted by molar-refractivity contribution is 5.75. The lowest BCUT2D eigenvalue weighted by atomic mass is 9.99. The average molecular weight is 210 g/mol. The van der Waals surface area contributed by atoms with Crippen LogP contribution in [0.15, 0.2) is 11.6 Å². The van der Waals surface area contributed by atoms with Crippen LogP contribution in [0.4, 0.5) is 0 Å². The van der Waals surface area contributed by atoms with Crippen LogP contribution in [0, 0.1) is 5.92 Å². The molecule has 0 heterocycles. The lowest BCUT2D eigenvalue weighted by molar-refractivity contribution is -0.116. The molecule has 0 saturated carbocycles. The van der Waals surface area contributed by atoms with Crippen LogP contribution < -0.4 is 0 Å². The SMILES string of the molecule is CCC(C)CCCC(C)=CCCC(C)=O. The van der Waals surface area contributed by atoms with Crippen LogP contribution in [-0.2, 0) is 4.79 Å². The second-order valence-corrected chi connectivity index (χ2v) is 4.70. The number of ketones is 1. The summed E-state index contributed by atoms with van der Waals surface area (Å²) in [6, 6.07) is 0. The molecule has 1 atom stereocenters. The average Bonchev–Trinajstić information content (AvgIpc) is 2.17. The molecule has 0 aliphatic carbocycles. The van der Waals surface area contributed by atoms with E-state index in [1.165, 1.54) is 31.3 Å². The molecule has 0 bridgehead atoms. The Balaban J connectivity index is 3.55. The summed E-state index contributed by atoms with van der Waals surface area (Å²) >= 11 is 0. The van der Waals surface area contributed by atoms with Crippen molar-refractivity contribution in [1.29, 1.82) is 0 Å². The van der Waals surface area contributed by atoms with E-state index in [2.05, 4.69) is 26.8 Å². The largest absolute Gasteiger partial charge is 0.300 e. The maximum atomic E-state index is 10.7. The zero-order chi connectivity index (χ0) is 11.7. The zero-order valence-electron chi connectivity index (χ0n) is 10.8. The summed E-state index contributed by atoms with van der Waals surface area (Å²) in [6.07, 6.45) is 8.94. The van der Waals surface area contributed by atoms with Gasteiger partial charge in [0.1, 0.15) is 5.78 Å². The van der Waals surface area contributed by atoms with Gasteiger partial charge in [0.25, 0.3) is 0 Å². The van der Waals surface area contributed by atoms with E-state index >= 15 is 0 Å². The molecule has 0 amide bonds. The summed E-state index contributed by atoms with van der Waals surface area (Å²) in [5.74, 6) is 1.15. The first kappa shape index (κ1) is 14.4. The predicted molar refractivity (Wildman–Crippen MR) is 67.0 cm³/mol. The van der Waals surface area contributed by atoms with Crippen molar-refractivity contribution in [2.24, 2.45) is 5.92 Å². The quantitative estimate of drug-likeness (QED) is 0.538. The topological polar surface area (TPSA) is 17.1 Å². The Morgan fingerprint density at radius 2 is 1.93 bits per heavy atom. The van der Waals surface area contributed by atoms with Gasteiger partial charge >= 0.3 is 0 Å². The highest BCUT2D eigenvalue weighted by atomic mass is 16.1. The number of allylic oxidation sites excluding steroid dienone is 2. The molecule has 15 heavy (non-hydrogen) atoms. The van der Waals surface area contributed by atoms with E-state index in [0.29, 0.717) is 12.2 Å². The Morgan fingerprint density at radius 3 is 2.47 bits per heavy atom. The first-order valence-corrected chi connectivity index (χ1v) is 6.21. The molecule has 0 rings (SSSR count). The molecule has 0 aliphatic rings. The Morgan fingerprint density at radius 1 is 1.27 bits per heavy atom. The standard InChI is InChI=1S/C14H26O/c1-5-12(2)8-6-9-13(3)10-7-11-14(4)15/h10,12H,5-9,11H2,1-4H3. The van der Waals surface area contributed by atoms with Gasteiger partial charge in [0.05, 0.1) is 0 Å². The number of Topliss-reactive ketones (excluding diaryl/α,β-unsaturated/α-hetero) is 1. The van der Waals surface area contributed by atoms with Crippen molar-refractivity contribution >= 4 is 5.78 Å². The van der Waals surface area contributed by atoms with Gasteiger partial charge in [0.2, 0.25) is 0 Å². The monoisotopic (exact) mass is 210 g/mol. The van der Waals surface area contributed by atoms with Gasteiger partial charge in [-0.1, -0.05) is 38.3 Å². The summed E-state index contributed by atoms with van der Waals surface area (Å²) in [5.41, 5.74) is 1.44. The van der Waals surface area contributed by atoms with E-state index < -0.39 is 0 Å². The van der Waals surface area contributed by atoms with Crippen LogP contribution in [0.2, 0.25) is 0 Å². The summed E-state index contributed by atoms with van der Waals surface area (Å²) in [5, 5.41) is 0. The Bertz CT molecular complexity index is 203. The first-order valence-electron chi connectivity index (χ1n) is 6.21. The molecular formula is C14H26O. The Kier molecular flexibility index (Phi) is 8.35. The summed E-state index contributed by atoms with van der Waals surface area (Å²) < 4.78 is 0. The lowest BCUT2D eigenvalue weighted by Gasteiger charge is -2.07. The number of carbonyl (C=O) groups is 1. The number of hydrogen-bond donors (Lipinski definition) is 0. The maximum absolute atomic E-state index is 10.7. The Labute approximate surface area is 95.0 Å². The van der Waals surface area contributed by atoms with E-state index in [9.17, 15) is 4.79 Å². The van der Waals surface area contributed by atoms with Crippen LogP contribution >= 0.6 is 0 Å². The van der Waals surface area contributed by atoms with Crippen molar-refractivity contribution in [3.63, 3.8) is 0 Å². The zero-order valence-corrected chi connectivity index (χ0v) is 10.8. The molecule has 1 unspecified atom stereocenters. The second kappa shape index (κ2) is 8.70. The minimum Gasteiger partial charge on any atom is -0.300 e. The molecule has 0 N–H and O–H groups in total. The van der Waals surface area contributed by atoms with Crippen molar-refractivity contribution in [3.8, 4) is 0 Å². The van der Waals surface area contributed by atoms with Crippen molar-refractivity contribution < 1.29 is 4.79 Å². The number of rotatable bonds is 8. The van der Waals surface area contributed by atoms with Crippen LogP contribution in [0.25, 0.3) is 0 Å². The minimum absolute atomic E-state index is 0.290. The van der Waals surface area contributed by atoms with Gasteiger partial charge in [-0.15, -0.1) is 0 Å². The van der Waals surface area contributed by atoms with Crippen molar-refractivity contribution in [3.05, 3.63) is 11.6 Å². The fourth-order valence-electron chi connectivity index (χ4n) is 1.56. The van der Waals surface area contributed by atoms with Crippen molar-refractivity contribution in [2.75, 3.05) is 0 Å². The number of carbonyl (C=O) groups excluding carboxylic acids is 1. The molecule has 0 aliphatic heterocycles. The summed E-state index contributed by atoms with van der Waals surface area (Å²) in [4.78, 5) is 10.7. The third kappa shape index (κ3) is 9.71. The van der Waals surface area contributed by atoms with Gasteiger partial charge in [0, 0.05) is 6.42 Å². The number of hydrogen-bond acceptors (Lipinski definition) is 1. The maximum Gasteiger partial charge on any atom is 0.130 e. The molecule has 0 fully saturated rings. The highest BCUT2D eigenvalue weighted by Crippen LogP contribution is 2.15. The third-order valence-corrected chi connectivity index (χ3v) is 2.95. The van der Waals surface area contributed by atoms with E-state index in [0.717, 1.165) is 12.3 Å². The molecule has 1 nitrogen and oxygen atoms in total. The molecule has 88 valence electrons. The minimum atomic E-state index is 0.290. The van der Waals surface area contributed by atoms with Gasteiger partial charge in [0.15, 0.2) is 0 Å². The molecule has 0 aromatic carbocycles. The molecule has 0 spiro atoms. The summed E-state index contributed by atoms with van der Waals surface area (Å²) in [6.45, 7) is 8.40. The van der Waals surface area contributed by atoms with Crippen LogP contribution in [0.1, 0.15) is 66.2 Å². The van der Waals surface area contributed by atoms with E-state index in [-0.39, 0.29) is 0 Å². The molecule has 0 aromatic heterocycles. The second-order valence-electron chi connectivity index (χ2n) is 4.70. The van der Waals surface area contributed by atoms with Crippen LogP contribution in [-0.4, -0.2) is 5.78 Å². The van der Waals surface area contributed by atoms with E-state index in [1.807, 2.05) is 0 Å². The molecule has 1 heteroatoms. The van der Waals surface area contributed by atoms with Crippen molar-refractivity contribution in [1.82, 2.24) is 0 Å². The van der Waals surface area contributed by atoms with Gasteiger partial charge < -0.3 is 4.79 Å². The van der Waals surface area contributed by atoms with Crippen LogP contribution in [0.5, 0.6) is 0 Å².